The first-order valence-corrected chi connectivity index (χ1v) is 9.04. The summed E-state index contributed by atoms with van der Waals surface area (Å²) in [6.45, 7) is 4.12. The molecule has 0 fully saturated rings. The number of imidazole rings is 1. The lowest BCUT2D eigenvalue weighted by Gasteiger charge is -2.33. The van der Waals surface area contributed by atoms with Gasteiger partial charge in [0.05, 0.1) is 16.7 Å². The smallest absolute Gasteiger partial charge is 0.412 e. The highest BCUT2D eigenvalue weighted by atomic mass is 16.4. The zero-order valence-corrected chi connectivity index (χ0v) is 15.3. The Labute approximate surface area is 152 Å². The van der Waals surface area contributed by atoms with Crippen LogP contribution in [0.4, 0.5) is 10.5 Å². The Hall–Kier alpha value is -2.82. The molecule has 1 aromatic heterocycles. The van der Waals surface area contributed by atoms with E-state index < -0.39 is 6.09 Å². The molecule has 2 heterocycles. The molecule has 26 heavy (non-hydrogen) atoms. The molecule has 0 saturated heterocycles. The van der Waals surface area contributed by atoms with E-state index in [4.69, 9.17) is 4.98 Å². The van der Waals surface area contributed by atoms with Crippen molar-refractivity contribution in [2.75, 3.05) is 4.90 Å². The first kappa shape index (κ1) is 16.6. The largest absolute Gasteiger partial charge is 0.465 e. The SMILES string of the molecule is C[C@@H](c1ccccc1)c1nc2c3c(ccc2n1C)N(C(=O)O)[C@@H](C)CC3. The standard InChI is InChI=1S/C21H23N3O2/c1-13-9-10-16-17(24(13)21(25)26)11-12-18-19(16)22-20(23(18)3)14(2)15-7-5-4-6-8-15/h4-8,11-14H,9-10H2,1-3H3,(H,25,26)/t13-,14-/m0/s1. The number of nitrogens with zero attached hydrogens (tertiary/aromatic N) is 3. The first-order valence-electron chi connectivity index (χ1n) is 9.04. The van der Waals surface area contributed by atoms with Crippen LogP contribution in [0.15, 0.2) is 42.5 Å². The minimum Gasteiger partial charge on any atom is -0.465 e. The highest BCUT2D eigenvalue weighted by Crippen LogP contribution is 2.37. The minimum atomic E-state index is -0.897. The highest BCUT2D eigenvalue weighted by Gasteiger charge is 2.30. The van der Waals surface area contributed by atoms with Crippen molar-refractivity contribution in [2.45, 2.75) is 38.6 Å². The summed E-state index contributed by atoms with van der Waals surface area (Å²) in [7, 11) is 2.04. The molecule has 2 atom stereocenters. The van der Waals surface area contributed by atoms with Crippen LogP contribution < -0.4 is 4.90 Å². The lowest BCUT2D eigenvalue weighted by Crippen LogP contribution is -2.41. The van der Waals surface area contributed by atoms with Gasteiger partial charge < -0.3 is 9.67 Å². The molecular formula is C21H23N3O2. The molecule has 134 valence electrons. The van der Waals surface area contributed by atoms with Crippen LogP contribution >= 0.6 is 0 Å². The fourth-order valence-corrected chi connectivity index (χ4v) is 4.08. The number of hydrogen-bond donors (Lipinski definition) is 1. The van der Waals surface area contributed by atoms with Gasteiger partial charge in [-0.15, -0.1) is 0 Å². The van der Waals surface area contributed by atoms with Gasteiger partial charge in [-0.25, -0.2) is 9.78 Å². The lowest BCUT2D eigenvalue weighted by atomic mass is 9.96. The molecule has 0 spiro atoms. The summed E-state index contributed by atoms with van der Waals surface area (Å²) in [4.78, 5) is 18.2. The molecule has 5 heteroatoms. The van der Waals surface area contributed by atoms with Crippen molar-refractivity contribution in [1.29, 1.82) is 0 Å². The van der Waals surface area contributed by atoms with Gasteiger partial charge in [-0.2, -0.15) is 0 Å². The van der Waals surface area contributed by atoms with E-state index in [2.05, 4.69) is 23.6 Å². The minimum absolute atomic E-state index is 0.0103. The second-order valence-corrected chi connectivity index (χ2v) is 7.13. The summed E-state index contributed by atoms with van der Waals surface area (Å²) < 4.78 is 2.14. The Morgan fingerprint density at radius 1 is 1.23 bits per heavy atom. The maximum absolute atomic E-state index is 11.7. The molecule has 1 aliphatic rings. The Morgan fingerprint density at radius 2 is 1.96 bits per heavy atom. The van der Waals surface area contributed by atoms with E-state index in [1.54, 1.807) is 0 Å². The van der Waals surface area contributed by atoms with Crippen LogP contribution in [-0.2, 0) is 13.5 Å². The summed E-state index contributed by atoms with van der Waals surface area (Å²) in [5.74, 6) is 1.17. The molecule has 1 aliphatic heterocycles. The van der Waals surface area contributed by atoms with E-state index in [0.717, 1.165) is 41.0 Å². The lowest BCUT2D eigenvalue weighted by molar-refractivity contribution is 0.198. The first-order chi connectivity index (χ1) is 12.5. The van der Waals surface area contributed by atoms with Crippen molar-refractivity contribution in [3.8, 4) is 0 Å². The van der Waals surface area contributed by atoms with Gasteiger partial charge in [0.2, 0.25) is 0 Å². The number of aromatic nitrogens is 2. The van der Waals surface area contributed by atoms with Crippen molar-refractivity contribution >= 4 is 22.8 Å². The third-order valence-electron chi connectivity index (χ3n) is 5.57. The van der Waals surface area contributed by atoms with Crippen molar-refractivity contribution in [3.05, 3.63) is 59.4 Å². The number of fused-ring (bicyclic) bond motifs is 3. The number of carboxylic acid groups (broad SMARTS) is 1. The number of aryl methyl sites for hydroxylation is 2. The normalized spacial score (nSPS) is 18.0. The van der Waals surface area contributed by atoms with Gasteiger partial charge in [0.15, 0.2) is 0 Å². The van der Waals surface area contributed by atoms with Crippen LogP contribution in [0.2, 0.25) is 0 Å². The van der Waals surface area contributed by atoms with Crippen molar-refractivity contribution < 1.29 is 9.90 Å². The Bertz CT molecular complexity index is 978. The molecule has 0 aliphatic carbocycles. The molecule has 0 unspecified atom stereocenters. The zero-order valence-electron chi connectivity index (χ0n) is 15.3. The summed E-state index contributed by atoms with van der Waals surface area (Å²) in [5.41, 5.74) is 5.04. The Kier molecular flexibility index (Phi) is 3.94. The third kappa shape index (κ3) is 2.46. The van der Waals surface area contributed by atoms with E-state index in [-0.39, 0.29) is 12.0 Å². The van der Waals surface area contributed by atoms with Crippen LogP contribution in [0.1, 0.15) is 43.1 Å². The van der Waals surface area contributed by atoms with Crippen molar-refractivity contribution in [2.24, 2.45) is 7.05 Å². The zero-order chi connectivity index (χ0) is 18.4. The van der Waals surface area contributed by atoms with Crippen molar-refractivity contribution in [1.82, 2.24) is 9.55 Å². The monoisotopic (exact) mass is 349 g/mol. The number of amides is 1. The number of carbonyl (C=O) groups is 1. The van der Waals surface area contributed by atoms with E-state index in [1.165, 1.54) is 10.5 Å². The summed E-state index contributed by atoms with van der Waals surface area (Å²) in [5, 5.41) is 9.62. The van der Waals surface area contributed by atoms with E-state index in [1.807, 2.05) is 44.3 Å². The Morgan fingerprint density at radius 3 is 2.65 bits per heavy atom. The number of anilines is 1. The molecule has 0 radical (unpaired) electrons. The third-order valence-corrected chi connectivity index (χ3v) is 5.57. The molecule has 2 aromatic carbocycles. The van der Waals surface area contributed by atoms with Crippen LogP contribution in [0.3, 0.4) is 0 Å². The molecule has 0 bridgehead atoms. The molecule has 1 amide bonds. The summed E-state index contributed by atoms with van der Waals surface area (Å²) in [6.07, 6.45) is 0.776. The maximum Gasteiger partial charge on any atom is 0.412 e. The van der Waals surface area contributed by atoms with Crippen LogP contribution in [-0.4, -0.2) is 26.8 Å². The average molecular weight is 349 g/mol. The number of benzene rings is 2. The van der Waals surface area contributed by atoms with Crippen LogP contribution in [0.5, 0.6) is 0 Å². The molecule has 5 nitrogen and oxygen atoms in total. The molecule has 3 aromatic rings. The predicted molar refractivity (Wildman–Crippen MR) is 103 cm³/mol. The fraction of sp³-hybridized carbons (Fsp3) is 0.333. The molecule has 4 rings (SSSR count). The number of rotatable bonds is 2. The summed E-state index contributed by atoms with van der Waals surface area (Å²) in [6, 6.07) is 14.3. The summed E-state index contributed by atoms with van der Waals surface area (Å²) >= 11 is 0. The Balaban J connectivity index is 1.87. The highest BCUT2D eigenvalue weighted by molar-refractivity contribution is 5.94. The van der Waals surface area contributed by atoms with Crippen LogP contribution in [0, 0.1) is 0 Å². The van der Waals surface area contributed by atoms with Crippen LogP contribution in [0.25, 0.3) is 11.0 Å². The second kappa shape index (κ2) is 6.16. The van der Waals surface area contributed by atoms with Gasteiger partial charge in [0, 0.05) is 24.6 Å². The predicted octanol–water partition coefficient (Wildman–Crippen LogP) is 4.54. The van der Waals surface area contributed by atoms with Gasteiger partial charge in [-0.1, -0.05) is 37.3 Å². The van der Waals surface area contributed by atoms with Gasteiger partial charge in [-0.05, 0) is 37.5 Å². The maximum atomic E-state index is 11.7. The number of hydrogen-bond acceptors (Lipinski definition) is 2. The quantitative estimate of drug-likeness (QED) is 0.739. The molecular weight excluding hydrogens is 326 g/mol. The van der Waals surface area contributed by atoms with Gasteiger partial charge >= 0.3 is 6.09 Å². The molecule has 1 N–H and O–H groups in total. The van der Waals surface area contributed by atoms with Crippen molar-refractivity contribution in [3.63, 3.8) is 0 Å². The topological polar surface area (TPSA) is 58.4 Å². The molecule has 0 saturated carbocycles. The van der Waals surface area contributed by atoms with Gasteiger partial charge in [0.25, 0.3) is 0 Å². The van der Waals surface area contributed by atoms with Gasteiger partial charge in [0.1, 0.15) is 5.82 Å². The van der Waals surface area contributed by atoms with E-state index in [0.29, 0.717) is 0 Å². The van der Waals surface area contributed by atoms with E-state index >= 15 is 0 Å². The fourth-order valence-electron chi connectivity index (χ4n) is 4.08. The second-order valence-electron chi connectivity index (χ2n) is 7.13. The van der Waals surface area contributed by atoms with Gasteiger partial charge in [-0.3, -0.25) is 4.90 Å². The van der Waals surface area contributed by atoms with E-state index in [9.17, 15) is 9.90 Å². The average Bonchev–Trinajstić information content (AvgIpc) is 2.98.